The van der Waals surface area contributed by atoms with Gasteiger partial charge >= 0.3 is 0 Å². The zero-order valence-corrected chi connectivity index (χ0v) is 10.00. The van der Waals surface area contributed by atoms with E-state index >= 15 is 0 Å². The number of benzene rings is 1. The summed E-state index contributed by atoms with van der Waals surface area (Å²) in [4.78, 5) is 14.3. The van der Waals surface area contributed by atoms with E-state index in [1.54, 1.807) is 26.0 Å². The van der Waals surface area contributed by atoms with Gasteiger partial charge in [-0.05, 0) is 36.6 Å². The van der Waals surface area contributed by atoms with Gasteiger partial charge in [0.1, 0.15) is 6.29 Å². The highest BCUT2D eigenvalue weighted by Crippen LogP contribution is 2.30. The summed E-state index contributed by atoms with van der Waals surface area (Å²) >= 11 is 0. The summed E-state index contributed by atoms with van der Waals surface area (Å²) in [5.74, 6) is -1.42. The van der Waals surface area contributed by atoms with Crippen LogP contribution in [-0.2, 0) is 0 Å². The minimum absolute atomic E-state index is 0.108. The van der Waals surface area contributed by atoms with Gasteiger partial charge in [0.15, 0.2) is 11.6 Å². The highest BCUT2D eigenvalue weighted by molar-refractivity contribution is 5.81. The van der Waals surface area contributed by atoms with Gasteiger partial charge in [0.2, 0.25) is 0 Å². The van der Waals surface area contributed by atoms with Gasteiger partial charge in [-0.15, -0.1) is 0 Å². The molecule has 0 aliphatic rings. The van der Waals surface area contributed by atoms with Crippen molar-refractivity contribution in [1.29, 1.82) is 0 Å². The van der Waals surface area contributed by atoms with E-state index in [0.29, 0.717) is 22.3 Å². The summed E-state index contributed by atoms with van der Waals surface area (Å²) in [5.41, 5.74) is 2.18. The molecule has 0 spiro atoms. The lowest BCUT2D eigenvalue weighted by Crippen LogP contribution is -1.97. The first-order chi connectivity index (χ1) is 8.54. The fourth-order valence-electron chi connectivity index (χ4n) is 1.90. The normalized spacial score (nSPS) is 10.4. The van der Waals surface area contributed by atoms with E-state index in [1.165, 1.54) is 0 Å². The topological polar surface area (TPSA) is 30.0 Å². The van der Waals surface area contributed by atoms with E-state index in [2.05, 4.69) is 4.98 Å². The third kappa shape index (κ3) is 2.01. The van der Waals surface area contributed by atoms with E-state index in [1.807, 2.05) is 0 Å². The van der Waals surface area contributed by atoms with Gasteiger partial charge in [-0.2, -0.15) is 0 Å². The van der Waals surface area contributed by atoms with Crippen LogP contribution in [-0.4, -0.2) is 11.3 Å². The van der Waals surface area contributed by atoms with E-state index in [9.17, 15) is 13.6 Å². The number of hydrogen-bond donors (Lipinski definition) is 0. The first-order valence-corrected chi connectivity index (χ1v) is 5.40. The zero-order valence-electron chi connectivity index (χ0n) is 10.00. The fraction of sp³-hybridized carbons (Fsp3) is 0.143. The van der Waals surface area contributed by atoms with Crippen molar-refractivity contribution in [1.82, 2.24) is 4.98 Å². The number of aldehydes is 1. The molecule has 2 rings (SSSR count). The molecule has 1 heterocycles. The van der Waals surface area contributed by atoms with Gasteiger partial charge in [0.25, 0.3) is 0 Å². The predicted octanol–water partition coefficient (Wildman–Crippen LogP) is 3.46. The zero-order chi connectivity index (χ0) is 13.3. The first kappa shape index (κ1) is 12.4. The number of aryl methyl sites for hydroxylation is 2. The van der Waals surface area contributed by atoms with Crippen molar-refractivity contribution in [2.24, 2.45) is 0 Å². The van der Waals surface area contributed by atoms with Crippen LogP contribution in [0.15, 0.2) is 24.5 Å². The molecule has 0 amide bonds. The highest BCUT2D eigenvalue weighted by Gasteiger charge is 2.15. The maximum atomic E-state index is 13.7. The van der Waals surface area contributed by atoms with Gasteiger partial charge in [0, 0.05) is 5.56 Å². The van der Waals surface area contributed by atoms with Crippen molar-refractivity contribution in [3.05, 3.63) is 52.9 Å². The molecule has 0 fully saturated rings. The third-order valence-electron chi connectivity index (χ3n) is 2.86. The van der Waals surface area contributed by atoms with E-state index in [0.717, 1.165) is 18.7 Å². The van der Waals surface area contributed by atoms with E-state index in [-0.39, 0.29) is 5.56 Å². The number of hydrogen-bond acceptors (Lipinski definition) is 2. The number of pyridine rings is 1. The molecule has 0 unspecified atom stereocenters. The first-order valence-electron chi connectivity index (χ1n) is 5.40. The van der Waals surface area contributed by atoms with Crippen LogP contribution in [0, 0.1) is 25.5 Å². The van der Waals surface area contributed by atoms with Crippen LogP contribution in [0.1, 0.15) is 21.5 Å². The van der Waals surface area contributed by atoms with Crippen LogP contribution in [0.4, 0.5) is 8.78 Å². The molecule has 0 N–H and O–H groups in total. The van der Waals surface area contributed by atoms with Gasteiger partial charge in [-0.1, -0.05) is 6.07 Å². The van der Waals surface area contributed by atoms with Crippen molar-refractivity contribution in [3.8, 4) is 11.1 Å². The molecule has 92 valence electrons. The Bertz CT molecular complexity index is 603. The monoisotopic (exact) mass is 247 g/mol. The molecule has 0 radical (unpaired) electrons. The smallest absolute Gasteiger partial charge is 0.152 e. The van der Waals surface area contributed by atoms with Crippen LogP contribution in [0.25, 0.3) is 11.1 Å². The van der Waals surface area contributed by atoms with Gasteiger partial charge in [-0.3, -0.25) is 9.78 Å². The number of carbonyl (C=O) groups excluding carboxylic acids is 1. The third-order valence-corrected chi connectivity index (χ3v) is 2.86. The predicted molar refractivity (Wildman–Crippen MR) is 64.5 cm³/mol. The second-order valence-corrected chi connectivity index (χ2v) is 4.12. The largest absolute Gasteiger partial charge is 0.298 e. The van der Waals surface area contributed by atoms with Crippen LogP contribution in [0.3, 0.4) is 0 Å². The standard InChI is InChI=1S/C14H11F2NO/c1-8-4-11(9(2)3-10(8)7-18)14-12(15)5-17-6-13(14)16/h3-7H,1-2H3. The van der Waals surface area contributed by atoms with E-state index < -0.39 is 11.6 Å². The van der Waals surface area contributed by atoms with Crippen molar-refractivity contribution in [3.63, 3.8) is 0 Å². The van der Waals surface area contributed by atoms with Crippen molar-refractivity contribution in [2.45, 2.75) is 13.8 Å². The van der Waals surface area contributed by atoms with Crippen LogP contribution < -0.4 is 0 Å². The SMILES string of the molecule is Cc1cc(-c2c(F)cncc2F)c(C)cc1C=O. The molecule has 0 saturated heterocycles. The number of nitrogens with zero attached hydrogens (tertiary/aromatic N) is 1. The number of carbonyl (C=O) groups is 1. The Balaban J connectivity index is 2.72. The quantitative estimate of drug-likeness (QED) is 0.761. The average molecular weight is 247 g/mol. The van der Waals surface area contributed by atoms with Crippen molar-refractivity contribution < 1.29 is 13.6 Å². The summed E-state index contributed by atoms with van der Waals surface area (Å²) in [7, 11) is 0. The molecule has 0 saturated carbocycles. The Hall–Kier alpha value is -2.10. The van der Waals surface area contributed by atoms with E-state index in [4.69, 9.17) is 0 Å². The molecular weight excluding hydrogens is 236 g/mol. The Morgan fingerprint density at radius 2 is 1.67 bits per heavy atom. The highest BCUT2D eigenvalue weighted by atomic mass is 19.1. The lowest BCUT2D eigenvalue weighted by Gasteiger charge is -2.10. The van der Waals surface area contributed by atoms with Gasteiger partial charge < -0.3 is 0 Å². The molecule has 1 aromatic heterocycles. The minimum atomic E-state index is -0.712. The average Bonchev–Trinajstić information content (AvgIpc) is 2.32. The summed E-state index contributed by atoms with van der Waals surface area (Å²) in [6.45, 7) is 3.44. The van der Waals surface area contributed by atoms with Crippen LogP contribution in [0.5, 0.6) is 0 Å². The molecule has 2 aromatic rings. The summed E-state index contributed by atoms with van der Waals surface area (Å²) in [6, 6.07) is 3.23. The molecule has 18 heavy (non-hydrogen) atoms. The minimum Gasteiger partial charge on any atom is -0.298 e. The lowest BCUT2D eigenvalue weighted by molar-refractivity contribution is 0.112. The molecule has 4 heteroatoms. The Morgan fingerprint density at radius 1 is 1.06 bits per heavy atom. The number of halogens is 2. The number of aromatic nitrogens is 1. The molecule has 0 atom stereocenters. The van der Waals surface area contributed by atoms with Gasteiger partial charge in [-0.25, -0.2) is 8.78 Å². The molecule has 2 nitrogen and oxygen atoms in total. The number of rotatable bonds is 2. The lowest BCUT2D eigenvalue weighted by atomic mass is 9.95. The molecule has 0 bridgehead atoms. The molecule has 0 aliphatic carbocycles. The van der Waals surface area contributed by atoms with Crippen LogP contribution >= 0.6 is 0 Å². The summed E-state index contributed by atoms with van der Waals surface area (Å²) in [6.07, 6.45) is 2.67. The second-order valence-electron chi connectivity index (χ2n) is 4.12. The molecule has 1 aromatic carbocycles. The summed E-state index contributed by atoms with van der Waals surface area (Å²) in [5, 5.41) is 0. The van der Waals surface area contributed by atoms with Crippen molar-refractivity contribution >= 4 is 6.29 Å². The van der Waals surface area contributed by atoms with Gasteiger partial charge in [0.05, 0.1) is 18.0 Å². The maximum Gasteiger partial charge on any atom is 0.152 e. The second kappa shape index (κ2) is 4.64. The van der Waals surface area contributed by atoms with Crippen molar-refractivity contribution in [2.75, 3.05) is 0 Å². The van der Waals surface area contributed by atoms with Crippen LogP contribution in [0.2, 0.25) is 0 Å². The Morgan fingerprint density at radius 3 is 2.22 bits per heavy atom. The molecular formula is C14H11F2NO. The fourth-order valence-corrected chi connectivity index (χ4v) is 1.90. The Labute approximate surface area is 103 Å². The summed E-state index contributed by atoms with van der Waals surface area (Å²) < 4.78 is 27.3. The Kier molecular flexibility index (Phi) is 3.19. The maximum absolute atomic E-state index is 13.7. The molecule has 0 aliphatic heterocycles.